The minimum Gasteiger partial charge on any atom is -0.494 e. The fourth-order valence-electron chi connectivity index (χ4n) is 5.02. The Morgan fingerprint density at radius 3 is 2.51 bits per heavy atom. The van der Waals surface area contributed by atoms with E-state index in [4.69, 9.17) is 4.74 Å². The molecule has 1 aromatic carbocycles. The maximum atomic E-state index is 13.6. The van der Waals surface area contributed by atoms with Crippen LogP contribution in [0, 0.1) is 29.5 Å². The third-order valence-corrected chi connectivity index (χ3v) is 7.05. The van der Waals surface area contributed by atoms with E-state index < -0.39 is 17.7 Å². The summed E-state index contributed by atoms with van der Waals surface area (Å²) >= 11 is 0. The Kier molecular flexibility index (Phi) is 8.67. The first kappa shape index (κ1) is 26.8. The number of rotatable bonds is 9. The summed E-state index contributed by atoms with van der Waals surface area (Å²) in [5.41, 5.74) is 0.134. The molecular weight excluding hydrogens is 462 g/mol. The number of Topliss-reactive ketones (excluding diaryl/α,β-unsaturated/α-hetero) is 2. The Hall–Kier alpha value is -2.77. The molecule has 2 aromatic rings. The first-order valence-corrected chi connectivity index (χ1v) is 11.9. The summed E-state index contributed by atoms with van der Waals surface area (Å²) in [4.78, 5) is 29.1. The van der Waals surface area contributed by atoms with Crippen LogP contribution in [-0.2, 0) is 17.4 Å². The Morgan fingerprint density at radius 1 is 1.17 bits per heavy atom. The van der Waals surface area contributed by atoms with Gasteiger partial charge >= 0.3 is 6.18 Å². The maximum Gasteiger partial charge on any atom is 0.433 e. The first-order chi connectivity index (χ1) is 16.5. The van der Waals surface area contributed by atoms with Crippen molar-refractivity contribution in [3.05, 3.63) is 59.2 Å². The summed E-state index contributed by atoms with van der Waals surface area (Å²) < 4.78 is 56.7. The van der Waals surface area contributed by atoms with Crippen molar-refractivity contribution in [2.24, 2.45) is 23.7 Å². The molecular formula is C27H31F4NO3. The molecule has 1 aliphatic rings. The largest absolute Gasteiger partial charge is 0.494 e. The van der Waals surface area contributed by atoms with Crippen LogP contribution in [0.4, 0.5) is 17.6 Å². The molecule has 0 amide bonds. The SMILES string of the molecule is COc1cc(C(=O)CC[C@@H]2CC(=O)C(CCc3ccc(C(F)(F)F)nc3)CC2C(C)C)ccc1F. The molecule has 8 heteroatoms. The van der Waals surface area contributed by atoms with Crippen LogP contribution in [0.25, 0.3) is 0 Å². The molecule has 0 saturated heterocycles. The van der Waals surface area contributed by atoms with E-state index in [-0.39, 0.29) is 41.5 Å². The molecule has 190 valence electrons. The molecule has 1 aromatic heterocycles. The molecule has 0 spiro atoms. The second kappa shape index (κ2) is 11.3. The van der Waals surface area contributed by atoms with E-state index in [0.29, 0.717) is 49.1 Å². The summed E-state index contributed by atoms with van der Waals surface area (Å²) in [7, 11) is 1.35. The van der Waals surface area contributed by atoms with Gasteiger partial charge in [0.1, 0.15) is 11.5 Å². The molecule has 3 rings (SSSR count). The van der Waals surface area contributed by atoms with Gasteiger partial charge in [-0.1, -0.05) is 19.9 Å². The van der Waals surface area contributed by atoms with Gasteiger partial charge in [0, 0.05) is 30.5 Å². The lowest BCUT2D eigenvalue weighted by atomic mass is 9.66. The normalized spacial score (nSPS) is 20.8. The highest BCUT2D eigenvalue weighted by Gasteiger charge is 2.37. The Labute approximate surface area is 203 Å². The third-order valence-electron chi connectivity index (χ3n) is 7.05. The van der Waals surface area contributed by atoms with Crippen molar-refractivity contribution in [2.45, 2.75) is 58.5 Å². The first-order valence-electron chi connectivity index (χ1n) is 11.9. The number of carbonyl (C=O) groups excluding carboxylic acids is 2. The number of carbonyl (C=O) groups is 2. The van der Waals surface area contributed by atoms with Gasteiger partial charge < -0.3 is 4.74 Å². The molecule has 1 saturated carbocycles. The van der Waals surface area contributed by atoms with Gasteiger partial charge in [-0.2, -0.15) is 13.2 Å². The van der Waals surface area contributed by atoms with Gasteiger partial charge in [0.15, 0.2) is 17.3 Å². The molecule has 1 aliphatic carbocycles. The van der Waals surface area contributed by atoms with E-state index in [1.165, 1.54) is 37.6 Å². The number of nitrogens with zero attached hydrogens (tertiary/aromatic N) is 1. The number of hydrogen-bond acceptors (Lipinski definition) is 4. The smallest absolute Gasteiger partial charge is 0.433 e. The molecule has 0 N–H and O–H groups in total. The van der Waals surface area contributed by atoms with E-state index in [9.17, 15) is 27.2 Å². The molecule has 35 heavy (non-hydrogen) atoms. The molecule has 1 heterocycles. The number of hydrogen-bond donors (Lipinski definition) is 0. The van der Waals surface area contributed by atoms with Crippen molar-refractivity contribution < 1.29 is 31.9 Å². The van der Waals surface area contributed by atoms with Gasteiger partial charge in [0.05, 0.1) is 7.11 Å². The van der Waals surface area contributed by atoms with Gasteiger partial charge in [-0.05, 0) is 73.3 Å². The van der Waals surface area contributed by atoms with Crippen LogP contribution in [-0.4, -0.2) is 23.7 Å². The number of halogens is 4. The lowest BCUT2D eigenvalue weighted by Gasteiger charge is -2.38. The molecule has 0 radical (unpaired) electrons. The zero-order chi connectivity index (χ0) is 25.8. The number of pyridine rings is 1. The summed E-state index contributed by atoms with van der Waals surface area (Å²) in [5, 5.41) is 0. The third kappa shape index (κ3) is 6.89. The van der Waals surface area contributed by atoms with E-state index >= 15 is 0 Å². The predicted molar refractivity (Wildman–Crippen MR) is 124 cm³/mol. The Morgan fingerprint density at radius 2 is 1.91 bits per heavy atom. The van der Waals surface area contributed by atoms with Crippen LogP contribution in [0.2, 0.25) is 0 Å². The van der Waals surface area contributed by atoms with Crippen LogP contribution in [0.15, 0.2) is 36.5 Å². The zero-order valence-corrected chi connectivity index (χ0v) is 20.2. The zero-order valence-electron chi connectivity index (χ0n) is 20.2. The van der Waals surface area contributed by atoms with E-state index in [1.54, 1.807) is 0 Å². The average molecular weight is 494 g/mol. The molecule has 2 unspecified atom stereocenters. The fraction of sp³-hybridized carbons (Fsp3) is 0.519. The summed E-state index contributed by atoms with van der Waals surface area (Å²) in [6.45, 7) is 4.22. The lowest BCUT2D eigenvalue weighted by molar-refractivity contribution is -0.141. The van der Waals surface area contributed by atoms with Gasteiger partial charge in [-0.25, -0.2) is 4.39 Å². The lowest BCUT2D eigenvalue weighted by Crippen LogP contribution is -2.35. The quantitative estimate of drug-likeness (QED) is 0.288. The molecule has 0 bridgehead atoms. The van der Waals surface area contributed by atoms with Crippen LogP contribution >= 0.6 is 0 Å². The van der Waals surface area contributed by atoms with E-state index in [2.05, 4.69) is 18.8 Å². The minimum absolute atomic E-state index is 0.0230. The van der Waals surface area contributed by atoms with Gasteiger partial charge in [0.2, 0.25) is 0 Å². The molecule has 1 fully saturated rings. The average Bonchev–Trinajstić information content (AvgIpc) is 2.81. The highest BCUT2D eigenvalue weighted by molar-refractivity contribution is 5.96. The second-order valence-corrected chi connectivity index (χ2v) is 9.67. The topological polar surface area (TPSA) is 56.3 Å². The van der Waals surface area contributed by atoms with Gasteiger partial charge in [-0.3, -0.25) is 14.6 Å². The van der Waals surface area contributed by atoms with Crippen molar-refractivity contribution in [1.82, 2.24) is 4.98 Å². The predicted octanol–water partition coefficient (Wildman–Crippen LogP) is 6.71. The monoisotopic (exact) mass is 493 g/mol. The number of alkyl halides is 3. The minimum atomic E-state index is -4.47. The van der Waals surface area contributed by atoms with Crippen molar-refractivity contribution in [1.29, 1.82) is 0 Å². The van der Waals surface area contributed by atoms with E-state index in [0.717, 1.165) is 6.07 Å². The molecule has 4 nitrogen and oxygen atoms in total. The van der Waals surface area contributed by atoms with Gasteiger partial charge in [-0.15, -0.1) is 0 Å². The van der Waals surface area contributed by atoms with Crippen LogP contribution in [0.5, 0.6) is 5.75 Å². The summed E-state index contributed by atoms with van der Waals surface area (Å²) in [5.74, 6) is 0.0340. The van der Waals surface area contributed by atoms with Crippen molar-refractivity contribution in [3.63, 3.8) is 0 Å². The van der Waals surface area contributed by atoms with Crippen LogP contribution < -0.4 is 4.74 Å². The summed E-state index contributed by atoms with van der Waals surface area (Å²) in [6, 6.07) is 6.44. The highest BCUT2D eigenvalue weighted by Crippen LogP contribution is 2.40. The number of aromatic nitrogens is 1. The molecule has 3 atom stereocenters. The standard InChI is InChI=1S/C27H31F4NO3/c1-16(2)21-12-19(6-4-17-5-11-26(32-15-17)27(29,30)31)24(34)13-18(21)8-10-23(33)20-7-9-22(28)25(14-20)35-3/h5,7,9,11,14-16,18-19,21H,4,6,8,10,12-13H2,1-3H3/t18-,19?,21?/m1/s1. The molecule has 0 aliphatic heterocycles. The Balaban J connectivity index is 1.58. The number of methoxy groups -OCH3 is 1. The van der Waals surface area contributed by atoms with Crippen molar-refractivity contribution >= 4 is 11.6 Å². The van der Waals surface area contributed by atoms with Gasteiger partial charge in [0.25, 0.3) is 0 Å². The maximum absolute atomic E-state index is 13.6. The fourth-order valence-corrected chi connectivity index (χ4v) is 5.02. The second-order valence-electron chi connectivity index (χ2n) is 9.67. The van der Waals surface area contributed by atoms with Crippen LogP contribution in [0.3, 0.4) is 0 Å². The summed E-state index contributed by atoms with van der Waals surface area (Å²) in [6.07, 6.45) is -0.262. The van der Waals surface area contributed by atoms with Crippen molar-refractivity contribution in [2.75, 3.05) is 7.11 Å². The van der Waals surface area contributed by atoms with Crippen molar-refractivity contribution in [3.8, 4) is 5.75 Å². The number of aryl methyl sites for hydroxylation is 1. The van der Waals surface area contributed by atoms with E-state index in [1.807, 2.05) is 0 Å². The number of ketones is 2. The number of benzene rings is 1. The van der Waals surface area contributed by atoms with Crippen LogP contribution in [0.1, 0.15) is 67.6 Å². The number of ether oxygens (including phenoxy) is 1. The Bertz CT molecular complexity index is 1030. The highest BCUT2D eigenvalue weighted by atomic mass is 19.4.